The molecule has 3 rings (SSSR count). The maximum Gasteiger partial charge on any atom is 0.216 e. The first-order chi connectivity index (χ1) is 11.4. The van der Waals surface area contributed by atoms with E-state index in [2.05, 4.69) is 53.2 Å². The van der Waals surface area contributed by atoms with Gasteiger partial charge in [-0.1, -0.05) is 51.1 Å². The number of aromatic amines is 1. The number of H-pyrrole nitrogens is 1. The summed E-state index contributed by atoms with van der Waals surface area (Å²) in [5.41, 5.74) is 3.13. The standard InChI is InChI=1S/C18H19N5S/c1-18(2,3)14-9-7-13(8-10-14)12-20-23-16(21-22-17(23)24)15-6-4-5-11-19-15/h4-12H,1-3H3,(H,22,24). The summed E-state index contributed by atoms with van der Waals surface area (Å²) in [7, 11) is 0. The molecule has 5 nitrogen and oxygen atoms in total. The van der Waals surface area contributed by atoms with Crippen LogP contribution >= 0.6 is 12.2 Å². The van der Waals surface area contributed by atoms with Gasteiger partial charge in [-0.15, -0.1) is 0 Å². The van der Waals surface area contributed by atoms with Crippen LogP contribution in [0.2, 0.25) is 0 Å². The fraction of sp³-hybridized carbons (Fsp3) is 0.222. The molecule has 0 radical (unpaired) electrons. The van der Waals surface area contributed by atoms with Gasteiger partial charge in [-0.3, -0.25) is 4.98 Å². The Morgan fingerprint density at radius 3 is 2.50 bits per heavy atom. The van der Waals surface area contributed by atoms with Crippen molar-refractivity contribution in [3.63, 3.8) is 0 Å². The molecule has 0 bridgehead atoms. The monoisotopic (exact) mass is 337 g/mol. The lowest BCUT2D eigenvalue weighted by molar-refractivity contribution is 0.590. The first-order valence-corrected chi connectivity index (χ1v) is 8.10. The fourth-order valence-corrected chi connectivity index (χ4v) is 2.43. The van der Waals surface area contributed by atoms with E-state index in [9.17, 15) is 0 Å². The minimum absolute atomic E-state index is 0.134. The minimum atomic E-state index is 0.134. The summed E-state index contributed by atoms with van der Waals surface area (Å²) in [5.74, 6) is 0.586. The van der Waals surface area contributed by atoms with Crippen molar-refractivity contribution in [2.45, 2.75) is 26.2 Å². The van der Waals surface area contributed by atoms with Crippen molar-refractivity contribution in [1.82, 2.24) is 19.9 Å². The Morgan fingerprint density at radius 2 is 1.88 bits per heavy atom. The molecule has 0 aliphatic heterocycles. The SMILES string of the molecule is CC(C)(C)c1ccc(C=Nn2c(-c3ccccn3)n[nH]c2=S)cc1. The van der Waals surface area contributed by atoms with Crippen LogP contribution in [0.1, 0.15) is 31.9 Å². The smallest absolute Gasteiger partial charge is 0.216 e. The topological polar surface area (TPSA) is 58.9 Å². The van der Waals surface area contributed by atoms with Crippen molar-refractivity contribution in [2.24, 2.45) is 5.10 Å². The van der Waals surface area contributed by atoms with E-state index in [1.807, 2.05) is 30.3 Å². The lowest BCUT2D eigenvalue weighted by Crippen LogP contribution is -2.10. The molecule has 2 aromatic heterocycles. The first kappa shape index (κ1) is 16.3. The summed E-state index contributed by atoms with van der Waals surface area (Å²) in [5, 5.41) is 11.4. The molecule has 0 aliphatic carbocycles. The van der Waals surface area contributed by atoms with Crippen molar-refractivity contribution < 1.29 is 0 Å². The third-order valence-corrected chi connectivity index (χ3v) is 3.91. The van der Waals surface area contributed by atoms with Gasteiger partial charge in [-0.05, 0) is 40.9 Å². The van der Waals surface area contributed by atoms with Gasteiger partial charge in [-0.25, -0.2) is 5.10 Å². The second kappa shape index (κ2) is 6.49. The average molecular weight is 337 g/mol. The van der Waals surface area contributed by atoms with Gasteiger partial charge in [0, 0.05) is 6.20 Å². The highest BCUT2D eigenvalue weighted by Gasteiger charge is 2.12. The fourth-order valence-electron chi connectivity index (χ4n) is 2.25. The lowest BCUT2D eigenvalue weighted by atomic mass is 9.87. The quantitative estimate of drug-likeness (QED) is 0.576. The van der Waals surface area contributed by atoms with Crippen LogP contribution in [0.15, 0.2) is 53.8 Å². The molecule has 0 unspecified atom stereocenters. The van der Waals surface area contributed by atoms with Crippen LogP contribution in [-0.2, 0) is 5.41 Å². The van der Waals surface area contributed by atoms with Crippen molar-refractivity contribution in [1.29, 1.82) is 0 Å². The number of aromatic nitrogens is 4. The van der Waals surface area contributed by atoms with Gasteiger partial charge in [0.15, 0.2) is 0 Å². The third kappa shape index (κ3) is 3.49. The third-order valence-electron chi connectivity index (χ3n) is 3.64. The normalized spacial score (nSPS) is 12.0. The van der Waals surface area contributed by atoms with E-state index in [0.717, 1.165) is 5.56 Å². The van der Waals surface area contributed by atoms with Crippen LogP contribution in [0.3, 0.4) is 0 Å². The molecule has 0 amide bonds. The Balaban J connectivity index is 1.91. The van der Waals surface area contributed by atoms with Crippen molar-refractivity contribution in [3.8, 4) is 11.5 Å². The molecular weight excluding hydrogens is 318 g/mol. The molecule has 0 saturated carbocycles. The molecule has 0 saturated heterocycles. The van der Waals surface area contributed by atoms with E-state index in [4.69, 9.17) is 12.2 Å². The molecule has 0 spiro atoms. The molecule has 6 heteroatoms. The lowest BCUT2D eigenvalue weighted by Gasteiger charge is -2.18. The molecule has 0 aliphatic rings. The van der Waals surface area contributed by atoms with Crippen LogP contribution in [0.4, 0.5) is 0 Å². The van der Waals surface area contributed by atoms with Gasteiger partial charge in [0.05, 0.1) is 6.21 Å². The number of hydrogen-bond acceptors (Lipinski definition) is 4. The summed E-state index contributed by atoms with van der Waals surface area (Å²) >= 11 is 5.26. The molecule has 0 fully saturated rings. The van der Waals surface area contributed by atoms with Crippen LogP contribution in [-0.4, -0.2) is 26.1 Å². The van der Waals surface area contributed by atoms with E-state index in [1.54, 1.807) is 17.1 Å². The number of rotatable bonds is 3. The van der Waals surface area contributed by atoms with Crippen LogP contribution < -0.4 is 0 Å². The van der Waals surface area contributed by atoms with Gasteiger partial charge < -0.3 is 0 Å². The van der Waals surface area contributed by atoms with Crippen LogP contribution in [0.5, 0.6) is 0 Å². The summed E-state index contributed by atoms with van der Waals surface area (Å²) < 4.78 is 2.01. The first-order valence-electron chi connectivity index (χ1n) is 7.69. The van der Waals surface area contributed by atoms with Crippen molar-refractivity contribution in [3.05, 3.63) is 64.6 Å². The number of hydrogen-bond donors (Lipinski definition) is 1. The molecule has 2 heterocycles. The molecule has 3 aromatic rings. The van der Waals surface area contributed by atoms with Crippen molar-refractivity contribution >= 4 is 18.4 Å². The predicted octanol–water partition coefficient (Wildman–Crippen LogP) is 4.18. The highest BCUT2D eigenvalue weighted by Crippen LogP contribution is 2.22. The number of benzene rings is 1. The number of pyridine rings is 1. The Hall–Kier alpha value is -2.60. The predicted molar refractivity (Wildman–Crippen MR) is 98.8 cm³/mol. The van der Waals surface area contributed by atoms with E-state index in [0.29, 0.717) is 16.3 Å². The molecule has 1 N–H and O–H groups in total. The van der Waals surface area contributed by atoms with Gasteiger partial charge in [0.1, 0.15) is 5.69 Å². The highest BCUT2D eigenvalue weighted by atomic mass is 32.1. The number of nitrogens with zero attached hydrogens (tertiary/aromatic N) is 4. The maximum absolute atomic E-state index is 5.26. The average Bonchev–Trinajstić information content (AvgIpc) is 2.94. The van der Waals surface area contributed by atoms with Gasteiger partial charge in [-0.2, -0.15) is 14.9 Å². The number of nitrogens with one attached hydrogen (secondary N) is 1. The second-order valence-corrected chi connectivity index (χ2v) is 6.88. The maximum atomic E-state index is 5.26. The van der Waals surface area contributed by atoms with E-state index in [1.165, 1.54) is 5.56 Å². The van der Waals surface area contributed by atoms with E-state index < -0.39 is 0 Å². The van der Waals surface area contributed by atoms with E-state index in [-0.39, 0.29) is 5.41 Å². The highest BCUT2D eigenvalue weighted by molar-refractivity contribution is 7.71. The molecule has 0 atom stereocenters. The zero-order chi connectivity index (χ0) is 17.2. The molecule has 24 heavy (non-hydrogen) atoms. The van der Waals surface area contributed by atoms with Gasteiger partial charge in [0.2, 0.25) is 10.6 Å². The van der Waals surface area contributed by atoms with Crippen molar-refractivity contribution in [2.75, 3.05) is 0 Å². The van der Waals surface area contributed by atoms with Crippen LogP contribution in [0.25, 0.3) is 11.5 Å². The largest absolute Gasteiger partial charge is 0.253 e. The summed E-state index contributed by atoms with van der Waals surface area (Å²) in [6, 6.07) is 14.0. The Kier molecular flexibility index (Phi) is 4.40. The summed E-state index contributed by atoms with van der Waals surface area (Å²) in [6.07, 6.45) is 3.48. The second-order valence-electron chi connectivity index (χ2n) is 6.50. The molecule has 1 aromatic carbocycles. The zero-order valence-electron chi connectivity index (χ0n) is 13.9. The van der Waals surface area contributed by atoms with Gasteiger partial charge >= 0.3 is 0 Å². The Bertz CT molecular complexity index is 899. The van der Waals surface area contributed by atoms with Gasteiger partial charge in [0.25, 0.3) is 0 Å². The van der Waals surface area contributed by atoms with Crippen LogP contribution in [0, 0.1) is 4.77 Å². The minimum Gasteiger partial charge on any atom is -0.253 e. The molecule has 122 valence electrons. The zero-order valence-corrected chi connectivity index (χ0v) is 14.7. The summed E-state index contributed by atoms with van der Waals surface area (Å²) in [6.45, 7) is 6.58. The summed E-state index contributed by atoms with van der Waals surface area (Å²) in [4.78, 5) is 4.29. The Labute approximate surface area is 146 Å². The Morgan fingerprint density at radius 1 is 1.12 bits per heavy atom. The molecular formula is C18H19N5S. The van der Waals surface area contributed by atoms with E-state index >= 15 is 0 Å².